The molecule has 23 heavy (non-hydrogen) atoms. The monoisotopic (exact) mass is 352 g/mol. The van der Waals surface area contributed by atoms with Crippen molar-refractivity contribution >= 4 is 27.3 Å². The lowest BCUT2D eigenvalue weighted by Gasteiger charge is -2.28. The van der Waals surface area contributed by atoms with Crippen molar-refractivity contribution in [3.05, 3.63) is 53.1 Å². The largest absolute Gasteiger partial charge is 0.490 e. The van der Waals surface area contributed by atoms with E-state index in [9.17, 15) is 8.42 Å². The Bertz CT molecular complexity index is 824. The van der Waals surface area contributed by atoms with Crippen LogP contribution in [0.5, 0.6) is 5.75 Å². The Hall–Kier alpha value is -1.76. The predicted molar refractivity (Wildman–Crippen MR) is 90.7 cm³/mol. The maximum Gasteiger partial charge on any atom is 0.240 e. The third-order valence-corrected chi connectivity index (χ3v) is 5.51. The molecule has 0 amide bonds. The van der Waals surface area contributed by atoms with E-state index >= 15 is 0 Å². The second-order valence-electron chi connectivity index (χ2n) is 5.32. The highest BCUT2D eigenvalue weighted by Crippen LogP contribution is 2.32. The number of nitrogens with one attached hydrogen (secondary N) is 1. The molecule has 5 nitrogen and oxygen atoms in total. The van der Waals surface area contributed by atoms with Gasteiger partial charge in [0.25, 0.3) is 0 Å². The molecule has 1 N–H and O–H groups in total. The Kier molecular flexibility index (Phi) is 4.48. The Morgan fingerprint density at radius 1 is 1.26 bits per heavy atom. The van der Waals surface area contributed by atoms with Crippen LogP contribution in [-0.4, -0.2) is 28.6 Å². The number of likely N-dealkylation sites (N-methyl/N-ethyl adjacent to an activating group) is 1. The molecule has 0 spiro atoms. The van der Waals surface area contributed by atoms with Gasteiger partial charge in [0.2, 0.25) is 10.0 Å². The lowest BCUT2D eigenvalue weighted by molar-refractivity contribution is 0.311. The number of benzene rings is 2. The Balaban J connectivity index is 1.83. The van der Waals surface area contributed by atoms with Gasteiger partial charge < -0.3 is 9.64 Å². The summed E-state index contributed by atoms with van der Waals surface area (Å²) < 4.78 is 33.1. The van der Waals surface area contributed by atoms with E-state index < -0.39 is 10.0 Å². The molecule has 0 unspecified atom stereocenters. The van der Waals surface area contributed by atoms with Crippen LogP contribution in [0.3, 0.4) is 0 Å². The topological polar surface area (TPSA) is 58.6 Å². The van der Waals surface area contributed by atoms with E-state index in [1.165, 1.54) is 0 Å². The number of nitrogens with zero attached hydrogens (tertiary/aromatic N) is 1. The molecule has 0 saturated carbocycles. The van der Waals surface area contributed by atoms with Crippen molar-refractivity contribution in [2.24, 2.45) is 0 Å². The smallest absolute Gasteiger partial charge is 0.240 e. The molecule has 3 rings (SSSR count). The molecule has 0 saturated heterocycles. The van der Waals surface area contributed by atoms with Crippen LogP contribution in [0.4, 0.5) is 5.69 Å². The SMILES string of the molecule is CN1CCOc2ccc(S(=O)(=O)NCc3ccccc3Cl)cc21. The first-order chi connectivity index (χ1) is 11.0. The zero-order valence-electron chi connectivity index (χ0n) is 12.6. The lowest BCUT2D eigenvalue weighted by atomic mass is 10.2. The minimum atomic E-state index is -3.62. The van der Waals surface area contributed by atoms with Crippen molar-refractivity contribution in [1.82, 2.24) is 4.72 Å². The normalized spacial score (nSPS) is 14.3. The molecule has 1 heterocycles. The van der Waals surface area contributed by atoms with E-state index in [1.807, 2.05) is 18.0 Å². The van der Waals surface area contributed by atoms with Gasteiger partial charge in [-0.15, -0.1) is 0 Å². The van der Waals surface area contributed by atoms with Crippen LogP contribution in [0.1, 0.15) is 5.56 Å². The van der Waals surface area contributed by atoms with Gasteiger partial charge in [-0.05, 0) is 29.8 Å². The lowest BCUT2D eigenvalue weighted by Crippen LogP contribution is -2.29. The summed E-state index contributed by atoms with van der Waals surface area (Å²) in [6.45, 7) is 1.47. The van der Waals surface area contributed by atoms with Crippen LogP contribution >= 0.6 is 11.6 Å². The first kappa shape index (κ1) is 16.1. The van der Waals surface area contributed by atoms with Crippen molar-refractivity contribution in [3.8, 4) is 5.75 Å². The predicted octanol–water partition coefficient (Wildman–Crippen LogP) is 2.65. The minimum absolute atomic E-state index is 0.144. The third kappa shape index (κ3) is 3.44. The average molecular weight is 353 g/mol. The number of hydrogen-bond donors (Lipinski definition) is 1. The fourth-order valence-electron chi connectivity index (χ4n) is 2.40. The molecule has 0 aliphatic carbocycles. The maximum absolute atomic E-state index is 12.5. The molecule has 2 aromatic carbocycles. The van der Waals surface area contributed by atoms with Crippen LogP contribution in [0, 0.1) is 0 Å². The van der Waals surface area contributed by atoms with E-state index in [1.54, 1.807) is 36.4 Å². The van der Waals surface area contributed by atoms with Crippen molar-refractivity contribution < 1.29 is 13.2 Å². The number of rotatable bonds is 4. The van der Waals surface area contributed by atoms with E-state index in [4.69, 9.17) is 16.3 Å². The molecule has 7 heteroatoms. The maximum atomic E-state index is 12.5. The van der Waals surface area contributed by atoms with Crippen molar-refractivity contribution in [3.63, 3.8) is 0 Å². The molecule has 0 radical (unpaired) electrons. The number of fused-ring (bicyclic) bond motifs is 1. The molecule has 0 atom stereocenters. The van der Waals surface area contributed by atoms with Crippen molar-refractivity contribution in [2.45, 2.75) is 11.4 Å². The van der Waals surface area contributed by atoms with Gasteiger partial charge in [0.05, 0.1) is 17.1 Å². The molecule has 122 valence electrons. The number of anilines is 1. The summed E-state index contributed by atoms with van der Waals surface area (Å²) in [6, 6.07) is 12.0. The van der Waals surface area contributed by atoms with Gasteiger partial charge in [0.15, 0.2) is 0 Å². The Morgan fingerprint density at radius 2 is 2.04 bits per heavy atom. The van der Waals surface area contributed by atoms with Gasteiger partial charge in [-0.1, -0.05) is 29.8 Å². The van der Waals surface area contributed by atoms with E-state index in [0.717, 1.165) is 17.8 Å². The van der Waals surface area contributed by atoms with Crippen LogP contribution < -0.4 is 14.4 Å². The molecule has 2 aromatic rings. The molecular formula is C16H17ClN2O3S. The summed E-state index contributed by atoms with van der Waals surface area (Å²) in [5.74, 6) is 0.698. The van der Waals surface area contributed by atoms with Gasteiger partial charge in [-0.2, -0.15) is 0 Å². The summed E-state index contributed by atoms with van der Waals surface area (Å²) in [6.07, 6.45) is 0. The van der Waals surface area contributed by atoms with Crippen molar-refractivity contribution in [2.75, 3.05) is 25.1 Å². The number of halogens is 1. The first-order valence-corrected chi connectivity index (χ1v) is 9.04. The second-order valence-corrected chi connectivity index (χ2v) is 7.49. The molecule has 0 aromatic heterocycles. The highest BCUT2D eigenvalue weighted by Gasteiger charge is 2.20. The molecule has 0 bridgehead atoms. The Morgan fingerprint density at radius 3 is 2.83 bits per heavy atom. The van der Waals surface area contributed by atoms with Crippen molar-refractivity contribution in [1.29, 1.82) is 0 Å². The zero-order valence-corrected chi connectivity index (χ0v) is 14.2. The third-order valence-electron chi connectivity index (χ3n) is 3.75. The van der Waals surface area contributed by atoms with Gasteiger partial charge in [-0.25, -0.2) is 13.1 Å². The fourth-order valence-corrected chi connectivity index (χ4v) is 3.62. The summed E-state index contributed by atoms with van der Waals surface area (Å²) in [7, 11) is -1.71. The highest BCUT2D eigenvalue weighted by atomic mass is 35.5. The average Bonchev–Trinajstić information content (AvgIpc) is 2.54. The summed E-state index contributed by atoms with van der Waals surface area (Å²) in [5.41, 5.74) is 1.51. The summed E-state index contributed by atoms with van der Waals surface area (Å²) in [5, 5.41) is 0.536. The summed E-state index contributed by atoms with van der Waals surface area (Å²) in [4.78, 5) is 2.19. The fraction of sp³-hybridized carbons (Fsp3) is 0.250. The van der Waals surface area contributed by atoms with Crippen LogP contribution in [0.15, 0.2) is 47.4 Å². The second kappa shape index (κ2) is 6.39. The van der Waals surface area contributed by atoms with Gasteiger partial charge in [0, 0.05) is 18.6 Å². The molecule has 0 fully saturated rings. The van der Waals surface area contributed by atoms with E-state index in [0.29, 0.717) is 17.4 Å². The van der Waals surface area contributed by atoms with E-state index in [2.05, 4.69) is 4.72 Å². The molecular weight excluding hydrogens is 336 g/mol. The Labute approximate surface area is 140 Å². The van der Waals surface area contributed by atoms with Gasteiger partial charge >= 0.3 is 0 Å². The van der Waals surface area contributed by atoms with Gasteiger partial charge in [0.1, 0.15) is 12.4 Å². The number of ether oxygens (including phenoxy) is 1. The molecule has 1 aliphatic heterocycles. The summed E-state index contributed by atoms with van der Waals surface area (Å²) >= 11 is 6.06. The van der Waals surface area contributed by atoms with Gasteiger partial charge in [-0.3, -0.25) is 0 Å². The van der Waals surface area contributed by atoms with Crippen LogP contribution in [-0.2, 0) is 16.6 Å². The quantitative estimate of drug-likeness (QED) is 0.919. The van der Waals surface area contributed by atoms with Crippen LogP contribution in [0.25, 0.3) is 0 Å². The standard InChI is InChI=1S/C16H17ClN2O3S/c1-19-8-9-22-16-7-6-13(10-15(16)19)23(20,21)18-11-12-4-2-3-5-14(12)17/h2-7,10,18H,8-9,11H2,1H3. The minimum Gasteiger partial charge on any atom is -0.490 e. The molecule has 1 aliphatic rings. The first-order valence-electron chi connectivity index (χ1n) is 7.18. The number of sulfonamides is 1. The zero-order chi connectivity index (χ0) is 16.4. The van der Waals surface area contributed by atoms with Crippen LogP contribution in [0.2, 0.25) is 5.02 Å². The number of hydrogen-bond acceptors (Lipinski definition) is 4. The van der Waals surface area contributed by atoms with E-state index in [-0.39, 0.29) is 11.4 Å². The highest BCUT2D eigenvalue weighted by molar-refractivity contribution is 7.89.